The van der Waals surface area contributed by atoms with Crippen molar-refractivity contribution < 1.29 is 5.11 Å². The molecule has 0 spiro atoms. The van der Waals surface area contributed by atoms with Crippen LogP contribution in [0.5, 0.6) is 0 Å². The summed E-state index contributed by atoms with van der Waals surface area (Å²) in [6.07, 6.45) is 1.49. The third-order valence-corrected chi connectivity index (χ3v) is 2.86. The lowest BCUT2D eigenvalue weighted by Crippen LogP contribution is -2.00. The van der Waals surface area contributed by atoms with Crippen molar-refractivity contribution in [1.29, 1.82) is 0 Å². The van der Waals surface area contributed by atoms with Gasteiger partial charge in [-0.25, -0.2) is 0 Å². The number of hydrogen-bond acceptors (Lipinski definition) is 1. The minimum absolute atomic E-state index is 0.333. The molecule has 0 amide bonds. The molecule has 0 fully saturated rings. The first-order chi connectivity index (χ1) is 6.16. The standard InChI is InChI=1S/C11H15BrO/c1-3-5-10(13)11-8(2)6-4-7-9(11)12/h4,6-7,10,13H,3,5H2,1-2H3/t10-/m1/s1. The van der Waals surface area contributed by atoms with Crippen molar-refractivity contribution in [3.63, 3.8) is 0 Å². The molecule has 1 aromatic rings. The Labute approximate surface area is 87.9 Å². The van der Waals surface area contributed by atoms with E-state index in [9.17, 15) is 5.11 Å². The normalized spacial score (nSPS) is 12.9. The summed E-state index contributed by atoms with van der Waals surface area (Å²) in [7, 11) is 0. The van der Waals surface area contributed by atoms with Gasteiger partial charge in [-0.15, -0.1) is 0 Å². The van der Waals surface area contributed by atoms with Crippen LogP contribution in [0.15, 0.2) is 22.7 Å². The smallest absolute Gasteiger partial charge is 0.0803 e. The highest BCUT2D eigenvalue weighted by molar-refractivity contribution is 9.10. The molecule has 0 saturated heterocycles. The molecule has 1 nitrogen and oxygen atoms in total. The quantitative estimate of drug-likeness (QED) is 0.860. The maximum absolute atomic E-state index is 9.85. The van der Waals surface area contributed by atoms with Gasteiger partial charge < -0.3 is 5.11 Å². The molecule has 0 heterocycles. The fourth-order valence-electron chi connectivity index (χ4n) is 1.48. The molecule has 13 heavy (non-hydrogen) atoms. The summed E-state index contributed by atoms with van der Waals surface area (Å²) < 4.78 is 1.01. The van der Waals surface area contributed by atoms with E-state index in [4.69, 9.17) is 0 Å². The number of aliphatic hydroxyl groups excluding tert-OH is 1. The van der Waals surface area contributed by atoms with E-state index in [0.717, 1.165) is 28.4 Å². The highest BCUT2D eigenvalue weighted by atomic mass is 79.9. The molecule has 1 atom stereocenters. The van der Waals surface area contributed by atoms with Crippen LogP contribution in [-0.4, -0.2) is 5.11 Å². The molecule has 72 valence electrons. The van der Waals surface area contributed by atoms with Gasteiger partial charge in [0.15, 0.2) is 0 Å². The second-order valence-corrected chi connectivity index (χ2v) is 4.13. The molecule has 0 unspecified atom stereocenters. The molecule has 0 saturated carbocycles. The highest BCUT2D eigenvalue weighted by Crippen LogP contribution is 2.29. The van der Waals surface area contributed by atoms with E-state index < -0.39 is 0 Å². The van der Waals surface area contributed by atoms with Crippen LogP contribution in [0.4, 0.5) is 0 Å². The maximum atomic E-state index is 9.85. The summed E-state index contributed by atoms with van der Waals surface area (Å²) in [6, 6.07) is 5.99. The van der Waals surface area contributed by atoms with E-state index in [0.29, 0.717) is 0 Å². The Balaban J connectivity index is 2.98. The summed E-state index contributed by atoms with van der Waals surface area (Å²) >= 11 is 3.46. The van der Waals surface area contributed by atoms with Gasteiger partial charge in [-0.3, -0.25) is 0 Å². The third-order valence-electron chi connectivity index (χ3n) is 2.17. The van der Waals surface area contributed by atoms with Crippen molar-refractivity contribution in [3.8, 4) is 0 Å². The molecule has 0 aliphatic heterocycles. The van der Waals surface area contributed by atoms with Crippen LogP contribution in [0.2, 0.25) is 0 Å². The predicted molar refractivity (Wildman–Crippen MR) is 58.7 cm³/mol. The fraction of sp³-hybridized carbons (Fsp3) is 0.455. The molecule has 2 heteroatoms. The molecule has 1 N–H and O–H groups in total. The van der Waals surface area contributed by atoms with E-state index in [1.165, 1.54) is 0 Å². The van der Waals surface area contributed by atoms with Gasteiger partial charge >= 0.3 is 0 Å². The number of benzene rings is 1. The monoisotopic (exact) mass is 242 g/mol. The molecule has 0 aromatic heterocycles. The Kier molecular flexibility index (Phi) is 3.94. The van der Waals surface area contributed by atoms with Gasteiger partial charge in [0.05, 0.1) is 6.10 Å². The van der Waals surface area contributed by atoms with Crippen LogP contribution in [0.25, 0.3) is 0 Å². The number of rotatable bonds is 3. The summed E-state index contributed by atoms with van der Waals surface area (Å²) in [6.45, 7) is 4.11. The topological polar surface area (TPSA) is 20.2 Å². The van der Waals surface area contributed by atoms with Gasteiger partial charge in [0.2, 0.25) is 0 Å². The number of aliphatic hydroxyl groups is 1. The average Bonchev–Trinajstić information content (AvgIpc) is 2.04. The van der Waals surface area contributed by atoms with Gasteiger partial charge in [-0.05, 0) is 30.5 Å². The van der Waals surface area contributed by atoms with E-state index in [1.807, 2.05) is 25.1 Å². The summed E-state index contributed by atoms with van der Waals surface area (Å²) in [5, 5.41) is 9.85. The van der Waals surface area contributed by atoms with Crippen molar-refractivity contribution in [2.45, 2.75) is 32.8 Å². The maximum Gasteiger partial charge on any atom is 0.0803 e. The molecule has 1 aromatic carbocycles. The SMILES string of the molecule is CCC[C@@H](O)c1c(C)cccc1Br. The largest absolute Gasteiger partial charge is 0.388 e. The first-order valence-electron chi connectivity index (χ1n) is 4.60. The summed E-state index contributed by atoms with van der Waals surface area (Å²) in [4.78, 5) is 0. The molecule has 0 aliphatic carbocycles. The van der Waals surface area contributed by atoms with Crippen LogP contribution in [-0.2, 0) is 0 Å². The molecular weight excluding hydrogens is 228 g/mol. The van der Waals surface area contributed by atoms with Gasteiger partial charge in [0.1, 0.15) is 0 Å². The zero-order valence-corrected chi connectivity index (χ0v) is 9.63. The zero-order chi connectivity index (χ0) is 9.84. The average molecular weight is 243 g/mol. The number of hydrogen-bond donors (Lipinski definition) is 1. The van der Waals surface area contributed by atoms with Gasteiger partial charge in [0, 0.05) is 4.47 Å². The Morgan fingerprint density at radius 1 is 1.46 bits per heavy atom. The second kappa shape index (κ2) is 4.77. The van der Waals surface area contributed by atoms with Crippen LogP contribution < -0.4 is 0 Å². The summed E-state index contributed by atoms with van der Waals surface area (Å²) in [5.74, 6) is 0. The Morgan fingerprint density at radius 2 is 2.15 bits per heavy atom. The molecule has 1 rings (SSSR count). The Morgan fingerprint density at radius 3 is 2.69 bits per heavy atom. The van der Waals surface area contributed by atoms with Crippen molar-refractivity contribution in [2.24, 2.45) is 0 Å². The van der Waals surface area contributed by atoms with Crippen molar-refractivity contribution in [2.75, 3.05) is 0 Å². The molecule has 0 bridgehead atoms. The first-order valence-corrected chi connectivity index (χ1v) is 5.39. The van der Waals surface area contributed by atoms with Gasteiger partial charge in [-0.1, -0.05) is 41.4 Å². The minimum atomic E-state index is -0.333. The number of halogens is 1. The third kappa shape index (κ3) is 2.55. The molecule has 0 aliphatic rings. The van der Waals surface area contributed by atoms with Crippen molar-refractivity contribution in [1.82, 2.24) is 0 Å². The lowest BCUT2D eigenvalue weighted by molar-refractivity contribution is 0.165. The highest BCUT2D eigenvalue weighted by Gasteiger charge is 2.12. The molecular formula is C11H15BrO. The van der Waals surface area contributed by atoms with E-state index >= 15 is 0 Å². The van der Waals surface area contributed by atoms with E-state index in [2.05, 4.69) is 22.9 Å². The van der Waals surface area contributed by atoms with Crippen LogP contribution in [0.3, 0.4) is 0 Å². The zero-order valence-electron chi connectivity index (χ0n) is 8.05. The fourth-order valence-corrected chi connectivity index (χ4v) is 2.21. The number of aryl methyl sites for hydroxylation is 1. The Hall–Kier alpha value is -0.340. The van der Waals surface area contributed by atoms with Gasteiger partial charge in [-0.2, -0.15) is 0 Å². The first kappa shape index (κ1) is 10.7. The van der Waals surface area contributed by atoms with Crippen LogP contribution in [0, 0.1) is 6.92 Å². The van der Waals surface area contributed by atoms with Crippen molar-refractivity contribution in [3.05, 3.63) is 33.8 Å². The second-order valence-electron chi connectivity index (χ2n) is 3.27. The predicted octanol–water partition coefficient (Wildman–Crippen LogP) is 3.59. The summed E-state index contributed by atoms with van der Waals surface area (Å²) in [5.41, 5.74) is 2.18. The van der Waals surface area contributed by atoms with E-state index in [-0.39, 0.29) is 6.10 Å². The lowest BCUT2D eigenvalue weighted by Gasteiger charge is -2.14. The van der Waals surface area contributed by atoms with Crippen LogP contribution in [0.1, 0.15) is 37.0 Å². The van der Waals surface area contributed by atoms with Gasteiger partial charge in [0.25, 0.3) is 0 Å². The Bertz CT molecular complexity index is 263. The van der Waals surface area contributed by atoms with Crippen LogP contribution >= 0.6 is 15.9 Å². The lowest BCUT2D eigenvalue weighted by atomic mass is 10.0. The van der Waals surface area contributed by atoms with E-state index in [1.54, 1.807) is 0 Å². The molecule has 0 radical (unpaired) electrons. The minimum Gasteiger partial charge on any atom is -0.388 e. The van der Waals surface area contributed by atoms with Crippen molar-refractivity contribution >= 4 is 15.9 Å².